The molecule has 0 unspecified atom stereocenters. The van der Waals surface area contributed by atoms with E-state index >= 15 is 0 Å². The molecule has 6 nitrogen and oxygen atoms in total. The van der Waals surface area contributed by atoms with E-state index in [1.807, 2.05) is 61.5 Å². The van der Waals surface area contributed by atoms with Gasteiger partial charge in [0, 0.05) is 5.56 Å². The van der Waals surface area contributed by atoms with Crippen LogP contribution in [0.1, 0.15) is 11.7 Å². The van der Waals surface area contributed by atoms with Gasteiger partial charge in [-0.3, -0.25) is 0 Å². The fourth-order valence-electron chi connectivity index (χ4n) is 2.53. The van der Waals surface area contributed by atoms with Crippen molar-refractivity contribution >= 4 is 15.9 Å². The van der Waals surface area contributed by atoms with Gasteiger partial charge in [0.25, 0.3) is 11.8 Å². The predicted octanol–water partition coefficient (Wildman–Crippen LogP) is 5.04. The first-order valence-electron chi connectivity index (χ1n) is 7.94. The summed E-state index contributed by atoms with van der Waals surface area (Å²) < 4.78 is 17.7. The molecule has 26 heavy (non-hydrogen) atoms. The van der Waals surface area contributed by atoms with Crippen molar-refractivity contribution < 1.29 is 13.7 Å². The quantitative estimate of drug-likeness (QED) is 0.457. The number of nitrogens with zero attached hydrogens (tertiary/aromatic N) is 3. The number of ether oxygens (including phenoxy) is 1. The summed E-state index contributed by atoms with van der Waals surface area (Å²) in [5.41, 5.74) is 2.28. The maximum absolute atomic E-state index is 5.77. The molecule has 4 aromatic rings. The molecule has 130 valence electrons. The van der Waals surface area contributed by atoms with Gasteiger partial charge in [-0.1, -0.05) is 47.6 Å². The largest absolute Gasteiger partial charge is 0.483 e. The second-order valence-corrected chi connectivity index (χ2v) is 6.40. The molecule has 2 aromatic carbocycles. The monoisotopic (exact) mass is 411 g/mol. The number of hydrogen-bond acceptors (Lipinski definition) is 6. The van der Waals surface area contributed by atoms with Crippen LogP contribution in [0, 0.1) is 6.92 Å². The Kier molecular flexibility index (Phi) is 4.53. The molecular formula is C19H14BrN3O3. The van der Waals surface area contributed by atoms with Gasteiger partial charge >= 0.3 is 0 Å². The highest BCUT2D eigenvalue weighted by molar-refractivity contribution is 9.10. The zero-order valence-electron chi connectivity index (χ0n) is 13.8. The summed E-state index contributed by atoms with van der Waals surface area (Å²) in [7, 11) is 0. The third-order valence-electron chi connectivity index (χ3n) is 3.78. The number of aromatic nitrogens is 3. The molecule has 0 aliphatic heterocycles. The van der Waals surface area contributed by atoms with Crippen LogP contribution in [0.2, 0.25) is 0 Å². The van der Waals surface area contributed by atoms with Crippen LogP contribution in [0.15, 0.2) is 68.0 Å². The Morgan fingerprint density at radius 1 is 1.00 bits per heavy atom. The fraction of sp³-hybridized carbons (Fsp3) is 0.105. The minimum atomic E-state index is 0.167. The van der Waals surface area contributed by atoms with Gasteiger partial charge in [0.05, 0.1) is 4.47 Å². The Hall–Kier alpha value is -2.93. The molecule has 0 spiro atoms. The second-order valence-electron chi connectivity index (χ2n) is 5.55. The number of benzene rings is 2. The Bertz CT molecular complexity index is 1030. The topological polar surface area (TPSA) is 74.2 Å². The fourth-order valence-corrected chi connectivity index (χ4v) is 2.93. The Labute approximate surface area is 157 Å². The zero-order chi connectivity index (χ0) is 17.9. The second kappa shape index (κ2) is 7.13. The van der Waals surface area contributed by atoms with Gasteiger partial charge in [-0.2, -0.15) is 0 Å². The maximum Gasteiger partial charge on any atom is 0.254 e. The van der Waals surface area contributed by atoms with Gasteiger partial charge in [-0.15, -0.1) is 10.2 Å². The van der Waals surface area contributed by atoms with Gasteiger partial charge in [0.2, 0.25) is 0 Å². The molecule has 0 bridgehead atoms. The summed E-state index contributed by atoms with van der Waals surface area (Å²) in [6.07, 6.45) is 0. The van der Waals surface area contributed by atoms with E-state index in [2.05, 4.69) is 31.3 Å². The molecule has 0 radical (unpaired) electrons. The van der Waals surface area contributed by atoms with Crippen LogP contribution < -0.4 is 4.74 Å². The first kappa shape index (κ1) is 16.5. The SMILES string of the molecule is Cc1onc(-c2ccccc2)c1-c1nnc(COc2ccccc2Br)o1. The molecule has 0 saturated carbocycles. The number of hydrogen-bond donors (Lipinski definition) is 0. The lowest BCUT2D eigenvalue weighted by molar-refractivity contribution is 0.263. The number of rotatable bonds is 5. The van der Waals surface area contributed by atoms with Crippen LogP contribution in [0.4, 0.5) is 0 Å². The van der Waals surface area contributed by atoms with E-state index in [9.17, 15) is 0 Å². The van der Waals surface area contributed by atoms with E-state index in [0.29, 0.717) is 34.5 Å². The molecule has 0 fully saturated rings. The maximum atomic E-state index is 5.77. The minimum Gasteiger partial charge on any atom is -0.483 e. The van der Waals surface area contributed by atoms with Crippen LogP contribution in [-0.2, 0) is 6.61 Å². The van der Waals surface area contributed by atoms with E-state index in [4.69, 9.17) is 13.7 Å². The average Bonchev–Trinajstić information content (AvgIpc) is 3.28. The van der Waals surface area contributed by atoms with Gasteiger partial charge in [-0.25, -0.2) is 0 Å². The molecule has 0 amide bonds. The third kappa shape index (κ3) is 3.25. The van der Waals surface area contributed by atoms with Gasteiger partial charge in [0.15, 0.2) is 6.61 Å². The first-order valence-corrected chi connectivity index (χ1v) is 8.73. The zero-order valence-corrected chi connectivity index (χ0v) is 15.4. The number of halogens is 1. The summed E-state index contributed by atoms with van der Waals surface area (Å²) in [6, 6.07) is 17.3. The van der Waals surface area contributed by atoms with Crippen molar-refractivity contribution in [2.24, 2.45) is 0 Å². The molecule has 0 aliphatic rings. The lowest BCUT2D eigenvalue weighted by atomic mass is 10.1. The normalized spacial score (nSPS) is 10.8. The molecule has 0 N–H and O–H groups in total. The third-order valence-corrected chi connectivity index (χ3v) is 4.43. The lowest BCUT2D eigenvalue weighted by Gasteiger charge is -2.04. The van der Waals surface area contributed by atoms with Gasteiger partial charge < -0.3 is 13.7 Å². The van der Waals surface area contributed by atoms with E-state index in [0.717, 1.165) is 10.0 Å². The van der Waals surface area contributed by atoms with Crippen LogP contribution in [0.5, 0.6) is 5.75 Å². The summed E-state index contributed by atoms with van der Waals surface area (Å²) >= 11 is 3.44. The smallest absolute Gasteiger partial charge is 0.254 e. The van der Waals surface area contributed by atoms with Crippen molar-refractivity contribution in [2.75, 3.05) is 0 Å². The van der Waals surface area contributed by atoms with Crippen molar-refractivity contribution in [3.05, 3.63) is 70.7 Å². The molecule has 4 rings (SSSR count). The highest BCUT2D eigenvalue weighted by atomic mass is 79.9. The molecule has 2 aromatic heterocycles. The van der Waals surface area contributed by atoms with Crippen molar-refractivity contribution in [2.45, 2.75) is 13.5 Å². The van der Waals surface area contributed by atoms with E-state index in [-0.39, 0.29) is 6.61 Å². The molecule has 2 heterocycles. The van der Waals surface area contributed by atoms with Crippen molar-refractivity contribution in [1.82, 2.24) is 15.4 Å². The Balaban J connectivity index is 1.59. The van der Waals surface area contributed by atoms with E-state index < -0.39 is 0 Å². The van der Waals surface area contributed by atoms with Crippen LogP contribution in [-0.4, -0.2) is 15.4 Å². The van der Waals surface area contributed by atoms with Crippen molar-refractivity contribution in [3.8, 4) is 28.5 Å². The van der Waals surface area contributed by atoms with Crippen molar-refractivity contribution in [3.63, 3.8) is 0 Å². The first-order chi connectivity index (χ1) is 12.7. The summed E-state index contributed by atoms with van der Waals surface area (Å²) in [5.74, 6) is 2.05. The molecule has 7 heteroatoms. The lowest BCUT2D eigenvalue weighted by Crippen LogP contribution is -1.96. The van der Waals surface area contributed by atoms with E-state index in [1.54, 1.807) is 0 Å². The summed E-state index contributed by atoms with van der Waals surface area (Å²) in [5, 5.41) is 12.3. The summed E-state index contributed by atoms with van der Waals surface area (Å²) in [6.45, 7) is 1.98. The van der Waals surface area contributed by atoms with E-state index in [1.165, 1.54) is 0 Å². The summed E-state index contributed by atoms with van der Waals surface area (Å²) in [4.78, 5) is 0. The Morgan fingerprint density at radius 2 is 1.77 bits per heavy atom. The van der Waals surface area contributed by atoms with Crippen LogP contribution in [0.25, 0.3) is 22.7 Å². The van der Waals surface area contributed by atoms with Crippen LogP contribution >= 0.6 is 15.9 Å². The van der Waals surface area contributed by atoms with Gasteiger partial charge in [-0.05, 0) is 35.0 Å². The molecular weight excluding hydrogens is 398 g/mol. The standard InChI is InChI=1S/C19H14BrN3O3/c1-12-17(18(23-26-12)13-7-3-2-4-8-13)19-22-21-16(25-19)11-24-15-10-6-5-9-14(15)20/h2-10H,11H2,1H3. The number of para-hydroxylation sites is 1. The van der Waals surface area contributed by atoms with Crippen LogP contribution in [0.3, 0.4) is 0 Å². The van der Waals surface area contributed by atoms with Gasteiger partial charge in [0.1, 0.15) is 22.8 Å². The number of aryl methyl sites for hydroxylation is 1. The molecule has 0 saturated heterocycles. The minimum absolute atomic E-state index is 0.167. The molecule has 0 aliphatic carbocycles. The van der Waals surface area contributed by atoms with Crippen molar-refractivity contribution in [1.29, 1.82) is 0 Å². The highest BCUT2D eigenvalue weighted by Crippen LogP contribution is 2.33. The average molecular weight is 412 g/mol. The highest BCUT2D eigenvalue weighted by Gasteiger charge is 2.22. The molecule has 0 atom stereocenters. The predicted molar refractivity (Wildman–Crippen MR) is 98.4 cm³/mol. The Morgan fingerprint density at radius 3 is 2.58 bits per heavy atom.